The molecule has 0 aliphatic heterocycles. The predicted octanol–water partition coefficient (Wildman–Crippen LogP) is 2.11. The van der Waals surface area contributed by atoms with Crippen molar-refractivity contribution in [3.8, 4) is 0 Å². The SMILES string of the molecule is CC(CCO)CNC(=O)c1ccc(Br)cc1[N+](=O)[O-]. The summed E-state index contributed by atoms with van der Waals surface area (Å²) in [7, 11) is 0. The molecule has 0 saturated carbocycles. The predicted molar refractivity (Wildman–Crippen MR) is 74.0 cm³/mol. The Hall–Kier alpha value is -1.47. The van der Waals surface area contributed by atoms with E-state index in [1.165, 1.54) is 12.1 Å². The van der Waals surface area contributed by atoms with Gasteiger partial charge in [0.15, 0.2) is 0 Å². The molecule has 1 aromatic carbocycles. The standard InChI is InChI=1S/C12H15BrN2O4/c1-8(4-5-16)7-14-12(17)10-3-2-9(13)6-11(10)15(18)19/h2-3,6,8,16H,4-5,7H2,1H3,(H,14,17). The van der Waals surface area contributed by atoms with Crippen molar-refractivity contribution in [2.45, 2.75) is 13.3 Å². The van der Waals surface area contributed by atoms with Crippen molar-refractivity contribution in [3.63, 3.8) is 0 Å². The topological polar surface area (TPSA) is 92.5 Å². The number of nitrogens with one attached hydrogen (secondary N) is 1. The average Bonchev–Trinajstić information content (AvgIpc) is 2.36. The lowest BCUT2D eigenvalue weighted by molar-refractivity contribution is -0.385. The summed E-state index contributed by atoms with van der Waals surface area (Å²) < 4.78 is 0.546. The van der Waals surface area contributed by atoms with Crippen molar-refractivity contribution in [1.82, 2.24) is 5.32 Å². The Kier molecular flexibility index (Phi) is 5.91. The van der Waals surface area contributed by atoms with Crippen LogP contribution in [0.5, 0.6) is 0 Å². The second kappa shape index (κ2) is 7.20. The van der Waals surface area contributed by atoms with E-state index in [1.54, 1.807) is 6.07 Å². The van der Waals surface area contributed by atoms with Crippen LogP contribution in [0.25, 0.3) is 0 Å². The van der Waals surface area contributed by atoms with Crippen LogP contribution >= 0.6 is 15.9 Å². The van der Waals surface area contributed by atoms with Crippen molar-refractivity contribution in [2.75, 3.05) is 13.2 Å². The number of hydrogen-bond donors (Lipinski definition) is 2. The maximum atomic E-state index is 11.9. The molecule has 2 N–H and O–H groups in total. The van der Waals surface area contributed by atoms with Gasteiger partial charge in [-0.2, -0.15) is 0 Å². The van der Waals surface area contributed by atoms with Gasteiger partial charge in [0.2, 0.25) is 0 Å². The van der Waals surface area contributed by atoms with Gasteiger partial charge in [-0.25, -0.2) is 0 Å². The average molecular weight is 331 g/mol. The van der Waals surface area contributed by atoms with Crippen LogP contribution in [0.1, 0.15) is 23.7 Å². The summed E-state index contributed by atoms with van der Waals surface area (Å²) in [6.45, 7) is 2.30. The van der Waals surface area contributed by atoms with Gasteiger partial charge in [-0.15, -0.1) is 0 Å². The monoisotopic (exact) mass is 330 g/mol. The maximum absolute atomic E-state index is 11.9. The summed E-state index contributed by atoms with van der Waals surface area (Å²) in [6, 6.07) is 4.29. The van der Waals surface area contributed by atoms with E-state index in [0.717, 1.165) is 0 Å². The maximum Gasteiger partial charge on any atom is 0.283 e. The zero-order valence-electron chi connectivity index (χ0n) is 10.4. The first kappa shape index (κ1) is 15.6. The Morgan fingerprint density at radius 2 is 2.26 bits per heavy atom. The van der Waals surface area contributed by atoms with Crippen molar-refractivity contribution in [2.24, 2.45) is 5.92 Å². The molecular formula is C12H15BrN2O4. The highest BCUT2D eigenvalue weighted by Crippen LogP contribution is 2.23. The summed E-state index contributed by atoms with van der Waals surface area (Å²) in [4.78, 5) is 22.2. The Morgan fingerprint density at radius 3 is 2.84 bits per heavy atom. The fourth-order valence-electron chi connectivity index (χ4n) is 1.53. The molecule has 0 heterocycles. The fourth-order valence-corrected chi connectivity index (χ4v) is 1.88. The van der Waals surface area contributed by atoms with E-state index in [1.807, 2.05) is 6.92 Å². The summed E-state index contributed by atoms with van der Waals surface area (Å²) in [5.41, 5.74) is -0.203. The van der Waals surface area contributed by atoms with Gasteiger partial charge in [0.25, 0.3) is 11.6 Å². The molecule has 19 heavy (non-hydrogen) atoms. The van der Waals surface area contributed by atoms with Crippen molar-refractivity contribution < 1.29 is 14.8 Å². The number of benzene rings is 1. The molecule has 0 bridgehead atoms. The molecule has 0 aliphatic rings. The number of hydrogen-bond acceptors (Lipinski definition) is 4. The Balaban J connectivity index is 2.79. The Bertz CT molecular complexity index is 479. The number of halogens is 1. The van der Waals surface area contributed by atoms with Gasteiger partial charge in [0.05, 0.1) is 4.92 Å². The molecule has 1 aromatic rings. The zero-order chi connectivity index (χ0) is 14.4. The van der Waals surface area contributed by atoms with E-state index in [-0.39, 0.29) is 23.8 Å². The van der Waals surface area contributed by atoms with Crippen LogP contribution in [0, 0.1) is 16.0 Å². The van der Waals surface area contributed by atoms with Crippen LogP contribution in [0.4, 0.5) is 5.69 Å². The first-order valence-electron chi connectivity index (χ1n) is 5.78. The van der Waals surface area contributed by atoms with Crippen molar-refractivity contribution >= 4 is 27.5 Å². The van der Waals surface area contributed by atoms with Gasteiger partial charge in [0, 0.05) is 23.7 Å². The third kappa shape index (κ3) is 4.60. The molecule has 0 spiro atoms. The highest BCUT2D eigenvalue weighted by molar-refractivity contribution is 9.10. The summed E-state index contributed by atoms with van der Waals surface area (Å²) in [6.07, 6.45) is 0.572. The lowest BCUT2D eigenvalue weighted by Crippen LogP contribution is -2.29. The number of rotatable bonds is 6. The van der Waals surface area contributed by atoms with Crippen molar-refractivity contribution in [1.29, 1.82) is 0 Å². The number of nitrogens with zero attached hydrogens (tertiary/aromatic N) is 1. The number of aliphatic hydroxyl groups is 1. The smallest absolute Gasteiger partial charge is 0.283 e. The summed E-state index contributed by atoms with van der Waals surface area (Å²) >= 11 is 3.13. The van der Waals surface area contributed by atoms with E-state index in [0.29, 0.717) is 17.4 Å². The van der Waals surface area contributed by atoms with E-state index >= 15 is 0 Å². The van der Waals surface area contributed by atoms with Crippen LogP contribution in [0.2, 0.25) is 0 Å². The normalized spacial score (nSPS) is 11.9. The van der Waals surface area contributed by atoms with Crippen LogP contribution < -0.4 is 5.32 Å². The molecule has 104 valence electrons. The van der Waals surface area contributed by atoms with E-state index in [4.69, 9.17) is 5.11 Å². The molecule has 6 nitrogen and oxygen atoms in total. The molecule has 0 fully saturated rings. The van der Waals surface area contributed by atoms with Gasteiger partial charge in [-0.05, 0) is 24.5 Å². The summed E-state index contributed by atoms with van der Waals surface area (Å²) in [5.74, 6) is -0.368. The molecular weight excluding hydrogens is 316 g/mol. The molecule has 1 amide bonds. The molecule has 0 aliphatic carbocycles. The molecule has 0 saturated heterocycles. The van der Waals surface area contributed by atoms with Crippen molar-refractivity contribution in [3.05, 3.63) is 38.3 Å². The number of amides is 1. The molecule has 0 aromatic heterocycles. The first-order chi connectivity index (χ1) is 8.95. The fraction of sp³-hybridized carbons (Fsp3) is 0.417. The minimum atomic E-state index is -0.586. The largest absolute Gasteiger partial charge is 0.396 e. The minimum Gasteiger partial charge on any atom is -0.396 e. The van der Waals surface area contributed by atoms with Crippen LogP contribution in [0.3, 0.4) is 0 Å². The lowest BCUT2D eigenvalue weighted by atomic mass is 10.1. The van der Waals surface area contributed by atoms with Gasteiger partial charge >= 0.3 is 0 Å². The van der Waals surface area contributed by atoms with Gasteiger partial charge in [-0.3, -0.25) is 14.9 Å². The quantitative estimate of drug-likeness (QED) is 0.617. The van der Waals surface area contributed by atoms with Crippen LogP contribution in [0.15, 0.2) is 22.7 Å². The Morgan fingerprint density at radius 1 is 1.58 bits per heavy atom. The van der Waals surface area contributed by atoms with E-state index in [2.05, 4.69) is 21.2 Å². The number of nitro groups is 1. The lowest BCUT2D eigenvalue weighted by Gasteiger charge is -2.11. The Labute approximate surface area is 119 Å². The second-order valence-corrected chi connectivity index (χ2v) is 5.16. The number of nitro benzene ring substituents is 1. The van der Waals surface area contributed by atoms with E-state index < -0.39 is 10.8 Å². The molecule has 1 atom stereocenters. The molecule has 7 heteroatoms. The minimum absolute atomic E-state index is 0.0319. The van der Waals surface area contributed by atoms with Crippen LogP contribution in [-0.2, 0) is 0 Å². The van der Waals surface area contributed by atoms with Gasteiger partial charge in [-0.1, -0.05) is 22.9 Å². The highest BCUT2D eigenvalue weighted by Gasteiger charge is 2.20. The third-order valence-electron chi connectivity index (χ3n) is 2.63. The molecule has 1 unspecified atom stereocenters. The number of carbonyl (C=O) groups is 1. The first-order valence-corrected chi connectivity index (χ1v) is 6.58. The van der Waals surface area contributed by atoms with Gasteiger partial charge < -0.3 is 10.4 Å². The summed E-state index contributed by atoms with van der Waals surface area (Å²) in [5, 5.41) is 22.3. The molecule has 1 rings (SSSR count). The zero-order valence-corrected chi connectivity index (χ0v) is 12.0. The second-order valence-electron chi connectivity index (χ2n) is 4.25. The van der Waals surface area contributed by atoms with Crippen LogP contribution in [-0.4, -0.2) is 29.1 Å². The molecule has 0 radical (unpaired) electrons. The van der Waals surface area contributed by atoms with E-state index in [9.17, 15) is 14.9 Å². The van der Waals surface area contributed by atoms with Gasteiger partial charge in [0.1, 0.15) is 5.56 Å². The highest BCUT2D eigenvalue weighted by atomic mass is 79.9. The third-order valence-corrected chi connectivity index (χ3v) is 3.13. The number of aliphatic hydroxyl groups excluding tert-OH is 1. The number of carbonyl (C=O) groups excluding carboxylic acids is 1.